The molecule has 1 amide bonds. The lowest BCUT2D eigenvalue weighted by atomic mass is 10.3. The Balaban J connectivity index is 2.70. The summed E-state index contributed by atoms with van der Waals surface area (Å²) in [6, 6.07) is 5.31. The fraction of sp³-hybridized carbons (Fsp3) is 0.250. The van der Waals surface area contributed by atoms with Crippen molar-refractivity contribution in [2.24, 2.45) is 0 Å². The lowest BCUT2D eigenvalue weighted by Crippen LogP contribution is -2.30. The second kappa shape index (κ2) is 6.57. The Bertz CT molecular complexity index is 403. The van der Waals surface area contributed by atoms with Gasteiger partial charge in [-0.15, -0.1) is 18.3 Å². The van der Waals surface area contributed by atoms with Crippen molar-refractivity contribution in [2.75, 3.05) is 12.3 Å². The number of hydrogen-bond donors (Lipinski definition) is 2. The van der Waals surface area contributed by atoms with Crippen LogP contribution in [0.1, 0.15) is 6.92 Å². The van der Waals surface area contributed by atoms with Crippen LogP contribution in [0.25, 0.3) is 0 Å². The summed E-state index contributed by atoms with van der Waals surface area (Å²) < 4.78 is 0. The molecule has 1 rings (SSSR count). The van der Waals surface area contributed by atoms with Crippen molar-refractivity contribution in [1.82, 2.24) is 5.32 Å². The third-order valence-corrected chi connectivity index (χ3v) is 3.77. The fourth-order valence-electron chi connectivity index (χ4n) is 1.20. The second-order valence-corrected chi connectivity index (χ2v) is 5.21. The van der Waals surface area contributed by atoms with Crippen LogP contribution in [0.2, 0.25) is 5.02 Å². The van der Waals surface area contributed by atoms with Crippen LogP contribution in [0, 0.1) is 0 Å². The predicted molar refractivity (Wildman–Crippen MR) is 74.4 cm³/mol. The van der Waals surface area contributed by atoms with Crippen molar-refractivity contribution in [3.63, 3.8) is 0 Å². The van der Waals surface area contributed by atoms with Gasteiger partial charge in [-0.05, 0) is 19.1 Å². The Kier molecular flexibility index (Phi) is 5.38. The zero-order chi connectivity index (χ0) is 12.8. The van der Waals surface area contributed by atoms with Gasteiger partial charge in [0.25, 0.3) is 0 Å². The molecule has 1 aromatic carbocycles. The van der Waals surface area contributed by atoms with Crippen LogP contribution in [0.3, 0.4) is 0 Å². The quantitative estimate of drug-likeness (QED) is 0.491. The highest BCUT2D eigenvalue weighted by Gasteiger charge is 2.16. The maximum absolute atomic E-state index is 11.7. The van der Waals surface area contributed by atoms with E-state index in [0.717, 1.165) is 4.90 Å². The van der Waals surface area contributed by atoms with E-state index >= 15 is 0 Å². The van der Waals surface area contributed by atoms with E-state index in [1.165, 1.54) is 11.8 Å². The molecular formula is C12H15ClN2OS. The average molecular weight is 271 g/mol. The molecular weight excluding hydrogens is 256 g/mol. The largest absolute Gasteiger partial charge is 0.398 e. The Morgan fingerprint density at radius 3 is 3.00 bits per heavy atom. The number of rotatable bonds is 5. The molecule has 0 radical (unpaired) electrons. The molecule has 3 N–H and O–H groups in total. The minimum atomic E-state index is -0.253. The summed E-state index contributed by atoms with van der Waals surface area (Å²) in [5.41, 5.74) is 6.41. The van der Waals surface area contributed by atoms with E-state index in [1.54, 1.807) is 24.3 Å². The summed E-state index contributed by atoms with van der Waals surface area (Å²) in [4.78, 5) is 12.4. The van der Waals surface area contributed by atoms with Crippen molar-refractivity contribution in [3.05, 3.63) is 35.9 Å². The third-order valence-electron chi connectivity index (χ3n) is 2.08. The van der Waals surface area contributed by atoms with Gasteiger partial charge in [0.05, 0.1) is 10.3 Å². The molecule has 1 atom stereocenters. The molecule has 0 bridgehead atoms. The number of carbonyl (C=O) groups is 1. The van der Waals surface area contributed by atoms with Crippen LogP contribution in [0.4, 0.5) is 5.69 Å². The first-order valence-corrected chi connectivity index (χ1v) is 6.41. The highest BCUT2D eigenvalue weighted by Crippen LogP contribution is 2.34. The fourth-order valence-corrected chi connectivity index (χ4v) is 2.44. The molecule has 0 aromatic heterocycles. The smallest absolute Gasteiger partial charge is 0.233 e. The number of carbonyl (C=O) groups excluding carboxylic acids is 1. The maximum Gasteiger partial charge on any atom is 0.233 e. The summed E-state index contributed by atoms with van der Waals surface area (Å²) in [6.45, 7) is 5.81. The summed E-state index contributed by atoms with van der Waals surface area (Å²) >= 11 is 7.39. The summed E-state index contributed by atoms with van der Waals surface area (Å²) in [7, 11) is 0. The van der Waals surface area contributed by atoms with Crippen LogP contribution in [0.15, 0.2) is 35.7 Å². The van der Waals surface area contributed by atoms with E-state index in [2.05, 4.69) is 11.9 Å². The van der Waals surface area contributed by atoms with Gasteiger partial charge in [0, 0.05) is 17.1 Å². The van der Waals surface area contributed by atoms with E-state index in [0.29, 0.717) is 17.3 Å². The van der Waals surface area contributed by atoms with Gasteiger partial charge in [0.1, 0.15) is 0 Å². The van der Waals surface area contributed by atoms with Gasteiger partial charge >= 0.3 is 0 Å². The first kappa shape index (κ1) is 13.9. The van der Waals surface area contributed by atoms with Crippen LogP contribution in [0.5, 0.6) is 0 Å². The molecule has 0 heterocycles. The summed E-state index contributed by atoms with van der Waals surface area (Å²) in [5, 5.41) is 3.04. The molecule has 0 saturated heterocycles. The highest BCUT2D eigenvalue weighted by molar-refractivity contribution is 8.00. The number of thioether (sulfide) groups is 1. The Morgan fingerprint density at radius 2 is 2.41 bits per heavy atom. The number of benzene rings is 1. The highest BCUT2D eigenvalue weighted by atomic mass is 35.5. The molecule has 1 unspecified atom stereocenters. The normalized spacial score (nSPS) is 11.9. The van der Waals surface area contributed by atoms with Crippen LogP contribution in [-0.4, -0.2) is 17.7 Å². The molecule has 0 aliphatic heterocycles. The van der Waals surface area contributed by atoms with E-state index in [1.807, 2.05) is 6.92 Å². The Hall–Kier alpha value is -1.13. The van der Waals surface area contributed by atoms with Gasteiger partial charge in [-0.2, -0.15) is 0 Å². The van der Waals surface area contributed by atoms with Crippen molar-refractivity contribution in [3.8, 4) is 0 Å². The molecule has 5 heteroatoms. The number of anilines is 1. The van der Waals surface area contributed by atoms with Crippen LogP contribution >= 0.6 is 23.4 Å². The number of nitrogens with two attached hydrogens (primary N) is 1. The van der Waals surface area contributed by atoms with Gasteiger partial charge in [0.2, 0.25) is 5.91 Å². The minimum Gasteiger partial charge on any atom is -0.398 e. The lowest BCUT2D eigenvalue weighted by Gasteiger charge is -2.13. The molecule has 0 fully saturated rings. The topological polar surface area (TPSA) is 55.1 Å². The van der Waals surface area contributed by atoms with E-state index in [4.69, 9.17) is 17.3 Å². The van der Waals surface area contributed by atoms with Crippen molar-refractivity contribution in [2.45, 2.75) is 17.1 Å². The minimum absolute atomic E-state index is 0.0609. The molecule has 92 valence electrons. The van der Waals surface area contributed by atoms with Crippen LogP contribution in [-0.2, 0) is 4.79 Å². The van der Waals surface area contributed by atoms with Crippen LogP contribution < -0.4 is 11.1 Å². The standard InChI is InChI=1S/C12H15ClN2OS/c1-3-7-15-12(16)8(2)17-11-9(13)5-4-6-10(11)14/h3-6,8H,1,7,14H2,2H3,(H,15,16). The molecule has 0 aliphatic rings. The first-order chi connectivity index (χ1) is 8.06. The monoisotopic (exact) mass is 270 g/mol. The first-order valence-electron chi connectivity index (χ1n) is 5.15. The number of hydrogen-bond acceptors (Lipinski definition) is 3. The molecule has 3 nitrogen and oxygen atoms in total. The van der Waals surface area contributed by atoms with Crippen molar-refractivity contribution >= 4 is 35.0 Å². The molecule has 17 heavy (non-hydrogen) atoms. The molecule has 0 saturated carbocycles. The number of nitrogen functional groups attached to an aromatic ring is 1. The van der Waals surface area contributed by atoms with E-state index in [-0.39, 0.29) is 11.2 Å². The molecule has 1 aromatic rings. The lowest BCUT2D eigenvalue weighted by molar-refractivity contribution is -0.120. The molecule has 0 spiro atoms. The predicted octanol–water partition coefficient (Wildman–Crippen LogP) is 2.71. The Morgan fingerprint density at radius 1 is 1.71 bits per heavy atom. The number of amides is 1. The average Bonchev–Trinajstić information content (AvgIpc) is 2.30. The van der Waals surface area contributed by atoms with Crippen molar-refractivity contribution in [1.29, 1.82) is 0 Å². The Labute approximate surface area is 110 Å². The summed E-state index contributed by atoms with van der Waals surface area (Å²) in [5.74, 6) is -0.0609. The van der Waals surface area contributed by atoms with Gasteiger partial charge in [-0.3, -0.25) is 4.79 Å². The zero-order valence-corrected chi connectivity index (χ0v) is 11.1. The number of nitrogens with one attached hydrogen (secondary N) is 1. The summed E-state index contributed by atoms with van der Waals surface area (Å²) in [6.07, 6.45) is 1.64. The van der Waals surface area contributed by atoms with Gasteiger partial charge in [-0.1, -0.05) is 23.7 Å². The second-order valence-electron chi connectivity index (χ2n) is 3.45. The van der Waals surface area contributed by atoms with Gasteiger partial charge < -0.3 is 11.1 Å². The van der Waals surface area contributed by atoms with E-state index < -0.39 is 0 Å². The SMILES string of the molecule is C=CCNC(=O)C(C)Sc1c(N)cccc1Cl. The third kappa shape index (κ3) is 3.98. The van der Waals surface area contributed by atoms with E-state index in [9.17, 15) is 4.79 Å². The maximum atomic E-state index is 11.7. The van der Waals surface area contributed by atoms with Gasteiger partial charge in [-0.25, -0.2) is 0 Å². The molecule has 0 aliphatic carbocycles. The van der Waals surface area contributed by atoms with Crippen molar-refractivity contribution < 1.29 is 4.79 Å². The zero-order valence-electron chi connectivity index (χ0n) is 9.57. The van der Waals surface area contributed by atoms with Gasteiger partial charge in [0.15, 0.2) is 0 Å². The number of halogens is 1.